The summed E-state index contributed by atoms with van der Waals surface area (Å²) in [7, 11) is 0. The van der Waals surface area contributed by atoms with Gasteiger partial charge in [0.05, 0.1) is 5.41 Å². The second kappa shape index (κ2) is 7.42. The van der Waals surface area contributed by atoms with Crippen molar-refractivity contribution in [2.45, 2.75) is 37.3 Å². The Morgan fingerprint density at radius 1 is 1.17 bits per heavy atom. The number of carbonyl (C=O) groups excluding carboxylic acids is 2. The van der Waals surface area contributed by atoms with E-state index >= 15 is 0 Å². The van der Waals surface area contributed by atoms with Crippen LogP contribution in [0.5, 0.6) is 0 Å². The van der Waals surface area contributed by atoms with E-state index in [1.165, 1.54) is 0 Å². The van der Waals surface area contributed by atoms with E-state index < -0.39 is 36.6 Å². The van der Waals surface area contributed by atoms with Crippen LogP contribution in [0.15, 0.2) is 24.3 Å². The van der Waals surface area contributed by atoms with E-state index in [0.29, 0.717) is 17.9 Å². The molecule has 132 valence electrons. The number of rotatable bonds is 5. The molecule has 24 heavy (non-hydrogen) atoms. The maximum atomic E-state index is 12.5. The molecule has 1 saturated carbocycles. The molecule has 2 rings (SSSR count). The van der Waals surface area contributed by atoms with Crippen molar-refractivity contribution >= 4 is 23.5 Å². The molecule has 0 aromatic heterocycles. The lowest BCUT2D eigenvalue weighted by Gasteiger charge is -2.27. The van der Waals surface area contributed by atoms with Gasteiger partial charge in [-0.05, 0) is 30.5 Å². The molecule has 4 nitrogen and oxygen atoms in total. The largest absolute Gasteiger partial charge is 0.455 e. The molecule has 1 aromatic carbocycles. The Balaban J connectivity index is 2.00. The van der Waals surface area contributed by atoms with Gasteiger partial charge in [0.1, 0.15) is 6.54 Å². The predicted molar refractivity (Wildman–Crippen MR) is 81.6 cm³/mol. The summed E-state index contributed by atoms with van der Waals surface area (Å²) in [4.78, 5) is 23.9. The third kappa shape index (κ3) is 4.63. The molecule has 0 atom stereocenters. The average molecular weight is 364 g/mol. The molecule has 0 saturated heterocycles. The van der Waals surface area contributed by atoms with Gasteiger partial charge in [-0.3, -0.25) is 9.59 Å². The predicted octanol–water partition coefficient (Wildman–Crippen LogP) is 3.37. The summed E-state index contributed by atoms with van der Waals surface area (Å²) in [5, 5.41) is 2.20. The number of ether oxygens (including phenoxy) is 1. The molecule has 0 aliphatic heterocycles. The molecular weight excluding hydrogens is 347 g/mol. The smallest absolute Gasteiger partial charge is 0.405 e. The summed E-state index contributed by atoms with van der Waals surface area (Å²) in [6.07, 6.45) is -1.71. The fourth-order valence-electron chi connectivity index (χ4n) is 2.88. The molecule has 8 heteroatoms. The summed E-state index contributed by atoms with van der Waals surface area (Å²) in [5.41, 5.74) is -0.125. The van der Waals surface area contributed by atoms with E-state index in [1.54, 1.807) is 29.6 Å². The third-order valence-electron chi connectivity index (χ3n) is 4.07. The average Bonchev–Trinajstić information content (AvgIpc) is 3.01. The second-order valence-electron chi connectivity index (χ2n) is 5.76. The molecule has 0 radical (unpaired) electrons. The van der Waals surface area contributed by atoms with Crippen molar-refractivity contribution in [3.63, 3.8) is 0 Å². The lowest BCUT2D eigenvalue weighted by Crippen LogP contribution is -2.40. The number of hydrogen-bond donors (Lipinski definition) is 1. The topological polar surface area (TPSA) is 55.4 Å². The first-order valence-corrected chi connectivity index (χ1v) is 7.87. The molecule has 0 unspecified atom stereocenters. The zero-order valence-corrected chi connectivity index (χ0v) is 13.5. The lowest BCUT2D eigenvalue weighted by atomic mass is 9.79. The maximum absolute atomic E-state index is 12.5. The van der Waals surface area contributed by atoms with Crippen LogP contribution in [0.2, 0.25) is 5.02 Å². The van der Waals surface area contributed by atoms with Crippen LogP contribution in [0.4, 0.5) is 13.2 Å². The SMILES string of the molecule is O=C(COC(=O)C1(c2ccc(Cl)cc2)CCCC1)NCC(F)(F)F. The van der Waals surface area contributed by atoms with Crippen molar-refractivity contribution in [3.05, 3.63) is 34.9 Å². The number of hydrogen-bond acceptors (Lipinski definition) is 3. The molecule has 1 N–H and O–H groups in total. The van der Waals surface area contributed by atoms with Gasteiger partial charge in [0.2, 0.25) is 0 Å². The number of halogens is 4. The first-order valence-electron chi connectivity index (χ1n) is 7.50. The number of alkyl halides is 3. The Hall–Kier alpha value is -1.76. The molecule has 1 fully saturated rings. The minimum Gasteiger partial charge on any atom is -0.455 e. The monoisotopic (exact) mass is 363 g/mol. The maximum Gasteiger partial charge on any atom is 0.405 e. The third-order valence-corrected chi connectivity index (χ3v) is 4.32. The fourth-order valence-corrected chi connectivity index (χ4v) is 3.00. The van der Waals surface area contributed by atoms with E-state index in [1.807, 2.05) is 0 Å². The van der Waals surface area contributed by atoms with Crippen LogP contribution < -0.4 is 5.32 Å². The fraction of sp³-hybridized carbons (Fsp3) is 0.500. The number of benzene rings is 1. The van der Waals surface area contributed by atoms with Crippen LogP contribution in [0.25, 0.3) is 0 Å². The molecule has 0 bridgehead atoms. The Morgan fingerprint density at radius 3 is 2.29 bits per heavy atom. The van der Waals surface area contributed by atoms with E-state index in [9.17, 15) is 22.8 Å². The molecule has 1 aromatic rings. The minimum absolute atomic E-state index is 0.534. The Kier molecular flexibility index (Phi) is 5.74. The lowest BCUT2D eigenvalue weighted by molar-refractivity contribution is -0.156. The second-order valence-corrected chi connectivity index (χ2v) is 6.20. The quantitative estimate of drug-likeness (QED) is 0.816. The van der Waals surface area contributed by atoms with Crippen LogP contribution in [0.3, 0.4) is 0 Å². The van der Waals surface area contributed by atoms with Crippen LogP contribution in [0.1, 0.15) is 31.2 Å². The highest BCUT2D eigenvalue weighted by atomic mass is 35.5. The van der Waals surface area contributed by atoms with Gasteiger partial charge >= 0.3 is 12.1 Å². The van der Waals surface area contributed by atoms with Gasteiger partial charge in [0.15, 0.2) is 6.61 Å². The van der Waals surface area contributed by atoms with Gasteiger partial charge in [0, 0.05) is 5.02 Å². The van der Waals surface area contributed by atoms with E-state index in [2.05, 4.69) is 0 Å². The Morgan fingerprint density at radius 2 is 1.75 bits per heavy atom. The molecule has 0 heterocycles. The van der Waals surface area contributed by atoms with Gasteiger partial charge in [0.25, 0.3) is 5.91 Å². The van der Waals surface area contributed by atoms with Crippen molar-refractivity contribution in [2.24, 2.45) is 0 Å². The van der Waals surface area contributed by atoms with Crippen LogP contribution >= 0.6 is 11.6 Å². The van der Waals surface area contributed by atoms with E-state index in [4.69, 9.17) is 16.3 Å². The number of esters is 1. The summed E-state index contributed by atoms with van der Waals surface area (Å²) in [5.74, 6) is -1.57. The first kappa shape index (κ1) is 18.6. The molecular formula is C16H17ClF3NO3. The highest BCUT2D eigenvalue weighted by Crippen LogP contribution is 2.42. The Labute approximate surface area is 142 Å². The molecule has 1 aliphatic carbocycles. The molecule has 0 spiro atoms. The van der Waals surface area contributed by atoms with Gasteiger partial charge in [-0.15, -0.1) is 0 Å². The van der Waals surface area contributed by atoms with Crippen LogP contribution in [-0.4, -0.2) is 31.2 Å². The van der Waals surface area contributed by atoms with Crippen LogP contribution in [0, 0.1) is 0 Å². The number of amides is 1. The summed E-state index contributed by atoms with van der Waals surface area (Å²) < 4.78 is 41.1. The van der Waals surface area contributed by atoms with Crippen molar-refractivity contribution in [2.75, 3.05) is 13.2 Å². The van der Waals surface area contributed by atoms with Gasteiger partial charge in [-0.1, -0.05) is 36.6 Å². The van der Waals surface area contributed by atoms with Crippen LogP contribution in [-0.2, 0) is 19.7 Å². The first-order chi connectivity index (χ1) is 11.2. The molecule has 1 amide bonds. The van der Waals surface area contributed by atoms with Gasteiger partial charge in [-0.25, -0.2) is 0 Å². The van der Waals surface area contributed by atoms with Gasteiger partial charge in [-0.2, -0.15) is 13.2 Å². The number of nitrogens with one attached hydrogen (secondary N) is 1. The van der Waals surface area contributed by atoms with Gasteiger partial charge < -0.3 is 10.1 Å². The zero-order valence-electron chi connectivity index (χ0n) is 12.8. The van der Waals surface area contributed by atoms with E-state index in [-0.39, 0.29) is 0 Å². The molecule has 1 aliphatic rings. The summed E-state index contributed by atoms with van der Waals surface area (Å²) >= 11 is 5.86. The van der Waals surface area contributed by atoms with Crippen molar-refractivity contribution in [3.8, 4) is 0 Å². The van der Waals surface area contributed by atoms with Crippen molar-refractivity contribution in [1.82, 2.24) is 5.32 Å². The van der Waals surface area contributed by atoms with E-state index in [0.717, 1.165) is 18.4 Å². The number of carbonyl (C=O) groups is 2. The standard InChI is InChI=1S/C16H17ClF3NO3/c17-12-5-3-11(4-6-12)15(7-1-2-8-15)14(23)24-9-13(22)21-10-16(18,19)20/h3-6H,1-2,7-10H2,(H,21,22). The highest BCUT2D eigenvalue weighted by Gasteiger charge is 2.44. The van der Waals surface area contributed by atoms with Crippen molar-refractivity contribution in [1.29, 1.82) is 0 Å². The highest BCUT2D eigenvalue weighted by molar-refractivity contribution is 6.30. The summed E-state index contributed by atoms with van der Waals surface area (Å²) in [6.45, 7) is -2.18. The minimum atomic E-state index is -4.50. The zero-order chi connectivity index (χ0) is 17.8. The normalized spacial score (nSPS) is 16.7. The summed E-state index contributed by atoms with van der Waals surface area (Å²) in [6, 6.07) is 6.80. The van der Waals surface area contributed by atoms with Crippen molar-refractivity contribution < 1.29 is 27.5 Å². The Bertz CT molecular complexity index is 596.